The lowest BCUT2D eigenvalue weighted by atomic mass is 9.95. The highest BCUT2D eigenvalue weighted by Crippen LogP contribution is 2.47. The normalized spacial score (nSPS) is 14.9. The summed E-state index contributed by atoms with van der Waals surface area (Å²) in [7, 11) is 8.15. The first-order chi connectivity index (χ1) is 36.6. The van der Waals surface area contributed by atoms with Crippen molar-refractivity contribution in [1.82, 2.24) is 30.0 Å². The van der Waals surface area contributed by atoms with Crippen LogP contribution in [0.1, 0.15) is 23.6 Å². The molecule has 0 bridgehead atoms. The number of rotatable bonds is 13. The molecular weight excluding hydrogens is 1050 g/mol. The molecule has 2 aliphatic heterocycles. The van der Waals surface area contributed by atoms with Crippen LogP contribution >= 0.6 is 46.4 Å². The zero-order valence-electron chi connectivity index (χ0n) is 42.6. The first-order valence-corrected chi connectivity index (χ1v) is 25.4. The Balaban J connectivity index is 0.000000202. The Morgan fingerprint density at radius 3 is 1.76 bits per heavy atom. The van der Waals surface area contributed by atoms with Gasteiger partial charge in [0.1, 0.15) is 40.9 Å². The van der Waals surface area contributed by atoms with Gasteiger partial charge in [0.2, 0.25) is 0 Å². The molecule has 396 valence electrons. The Morgan fingerprint density at radius 1 is 0.684 bits per heavy atom. The molecule has 1 atom stereocenters. The first kappa shape index (κ1) is 54.9. The molecule has 0 aliphatic carbocycles. The number of hydrogen-bond donors (Lipinski definition) is 6. The Morgan fingerprint density at radius 2 is 1.22 bits per heavy atom. The number of nitrogens with two attached hydrogens (primary N) is 2. The third-order valence-corrected chi connectivity index (χ3v) is 14.6. The Bertz CT molecular complexity index is 3240. The van der Waals surface area contributed by atoms with Crippen LogP contribution in [0.5, 0.6) is 23.0 Å². The van der Waals surface area contributed by atoms with Gasteiger partial charge in [0.25, 0.3) is 0 Å². The van der Waals surface area contributed by atoms with E-state index in [0.717, 1.165) is 57.1 Å². The second kappa shape index (κ2) is 24.1. The average Bonchev–Trinajstić information content (AvgIpc) is 3.93. The summed E-state index contributed by atoms with van der Waals surface area (Å²) in [4.78, 5) is 15.9. The number of benzene rings is 5. The first-order valence-electron chi connectivity index (χ1n) is 23.9. The molecule has 22 heteroatoms. The Hall–Kier alpha value is -7.32. The van der Waals surface area contributed by atoms with Crippen molar-refractivity contribution in [3.63, 3.8) is 0 Å². The molecule has 9 rings (SSSR count). The van der Waals surface area contributed by atoms with E-state index in [4.69, 9.17) is 87.6 Å². The number of nitrogen functional groups attached to an aromatic ring is 2. The van der Waals surface area contributed by atoms with Gasteiger partial charge in [-0.15, -0.1) is 5.10 Å². The molecule has 2 saturated heterocycles. The summed E-state index contributed by atoms with van der Waals surface area (Å²) in [6.45, 7) is 8.98. The minimum atomic E-state index is -0.0180. The van der Waals surface area contributed by atoms with Crippen LogP contribution in [0.2, 0.25) is 20.1 Å². The number of hydrogen-bond acceptors (Lipinski definition) is 17. The fraction of sp³-hybridized carbons (Fsp3) is 0.259. The van der Waals surface area contributed by atoms with Crippen LogP contribution in [-0.4, -0.2) is 134 Å². The minimum absolute atomic E-state index is 0.0180. The third kappa shape index (κ3) is 11.6. The number of anilines is 4. The highest BCUT2D eigenvalue weighted by molar-refractivity contribution is 6.53. The van der Waals surface area contributed by atoms with Gasteiger partial charge in [-0.25, -0.2) is 14.6 Å². The van der Waals surface area contributed by atoms with E-state index in [1.54, 1.807) is 42.5 Å². The quantitative estimate of drug-likeness (QED) is 0.0207. The highest BCUT2D eigenvalue weighted by Gasteiger charge is 2.25. The van der Waals surface area contributed by atoms with E-state index in [9.17, 15) is 5.21 Å². The van der Waals surface area contributed by atoms with Crippen LogP contribution in [0, 0.1) is 10.8 Å². The summed E-state index contributed by atoms with van der Waals surface area (Å²) in [5.74, 6) is 2.23. The maximum absolute atomic E-state index is 9.80. The van der Waals surface area contributed by atoms with Crippen molar-refractivity contribution in [2.75, 3.05) is 103 Å². The predicted octanol–water partition coefficient (Wildman–Crippen LogP) is 9.84. The molecule has 0 spiro atoms. The van der Waals surface area contributed by atoms with E-state index in [-0.39, 0.29) is 33.1 Å². The van der Waals surface area contributed by atoms with Gasteiger partial charge in [-0.2, -0.15) is 0 Å². The van der Waals surface area contributed by atoms with E-state index < -0.39 is 0 Å². The number of piperazine rings is 2. The number of pyridine rings is 1. The summed E-state index contributed by atoms with van der Waals surface area (Å²) >= 11 is 26.2. The lowest BCUT2D eigenvalue weighted by molar-refractivity contribution is 0.313. The van der Waals surface area contributed by atoms with Gasteiger partial charge in [0, 0.05) is 109 Å². The van der Waals surface area contributed by atoms with Crippen LogP contribution in [-0.2, 0) is 0 Å². The number of ether oxygens (including phenoxy) is 4. The topological polar surface area (TPSA) is 235 Å². The molecule has 0 radical (unpaired) electrons. The summed E-state index contributed by atoms with van der Waals surface area (Å²) in [5.41, 5.74) is 19.5. The number of aromatic nitrogens is 4. The molecule has 18 nitrogen and oxygen atoms in total. The number of likely N-dealkylation sites (N-methyl/N-ethyl adjacent to an activating group) is 1. The molecule has 0 saturated carbocycles. The lowest BCUT2D eigenvalue weighted by Gasteiger charge is -2.34. The fourth-order valence-corrected chi connectivity index (χ4v) is 10.3. The van der Waals surface area contributed by atoms with E-state index in [0.29, 0.717) is 89.7 Å². The zero-order chi connectivity index (χ0) is 54.4. The average molecular weight is 1110 g/mol. The standard InChI is InChI=1S/C27H28Cl2N8O2.C27H29Cl2N5O3/c1-35-10-12-36(13-11-35)17-6-4-16(5-7-17)27-32-15-37(34-27)26(31)18-8-9-19(33-25(18)30)22-23(28)20(38-2)14-21(39-3)24(22)29;1-15-14-34(11-10-32-15)18-7-4-16(5-8-18)27(33-35)26(31)19-9-6-17(12-20(19)30)23-24(28)21(36-2)13-22(37-3)25(23)29/h4-9,14-15,31H,10-13H2,1-3H3,(H2,30,33);4-9,12-13,15,31-32,35H,10-11,14,30H2,1-3H3/b;31-26?,33-27+/t;15-/m.0/s1. The lowest BCUT2D eigenvalue weighted by Crippen LogP contribution is -2.49. The molecule has 76 heavy (non-hydrogen) atoms. The van der Waals surface area contributed by atoms with E-state index in [2.05, 4.69) is 66.3 Å². The van der Waals surface area contributed by atoms with Crippen molar-refractivity contribution in [3.8, 4) is 56.8 Å². The summed E-state index contributed by atoms with van der Waals surface area (Å²) in [6.07, 6.45) is 1.49. The van der Waals surface area contributed by atoms with Gasteiger partial charge in [-0.1, -0.05) is 75.8 Å². The van der Waals surface area contributed by atoms with Crippen LogP contribution < -0.4 is 45.5 Å². The number of nitrogens with one attached hydrogen (secondary N) is 3. The van der Waals surface area contributed by atoms with Gasteiger partial charge in [0.15, 0.2) is 11.7 Å². The van der Waals surface area contributed by atoms with Crippen molar-refractivity contribution in [3.05, 3.63) is 134 Å². The molecule has 2 aliphatic rings. The Labute approximate surface area is 460 Å². The molecular formula is C54H57Cl4N13O5. The summed E-state index contributed by atoms with van der Waals surface area (Å²) in [5, 5.41) is 39.8. The van der Waals surface area contributed by atoms with Crippen molar-refractivity contribution in [1.29, 1.82) is 10.8 Å². The second-order valence-corrected chi connectivity index (χ2v) is 19.4. The molecule has 2 aromatic heterocycles. The number of oxime groups is 1. The maximum atomic E-state index is 9.80. The SMILES string of the molecule is COc1cc(OC)c(Cl)c(-c2ccc(C(=N)/C(=N/O)c3ccc(N4CCN[C@@H](C)C4)cc3)c(N)c2)c1Cl.COc1cc(OC)c(Cl)c(-c2ccc(C(=N)n3cnc(-c4ccc(N5CCN(C)CC5)cc4)n3)c(N)n2)c1Cl. The number of methoxy groups -OCH3 is 4. The monoisotopic (exact) mass is 1110 g/mol. The molecule has 5 aromatic carbocycles. The van der Waals surface area contributed by atoms with Crippen LogP contribution in [0.4, 0.5) is 22.9 Å². The maximum Gasteiger partial charge on any atom is 0.181 e. The van der Waals surface area contributed by atoms with Gasteiger partial charge >= 0.3 is 0 Å². The molecule has 8 N–H and O–H groups in total. The number of nitrogens with zero attached hydrogens (tertiary/aromatic N) is 8. The summed E-state index contributed by atoms with van der Waals surface area (Å²) in [6, 6.07) is 27.8. The highest BCUT2D eigenvalue weighted by atomic mass is 35.5. The van der Waals surface area contributed by atoms with Crippen molar-refractivity contribution < 1.29 is 24.2 Å². The van der Waals surface area contributed by atoms with Crippen molar-refractivity contribution >= 4 is 86.5 Å². The fourth-order valence-electron chi connectivity index (χ4n) is 8.90. The van der Waals surface area contributed by atoms with Gasteiger partial charge in [0.05, 0.1) is 65.5 Å². The van der Waals surface area contributed by atoms with Gasteiger partial charge in [-0.05, 0) is 74.1 Å². The van der Waals surface area contributed by atoms with E-state index >= 15 is 0 Å². The van der Waals surface area contributed by atoms with Crippen molar-refractivity contribution in [2.24, 2.45) is 5.16 Å². The number of halogens is 4. The smallest absolute Gasteiger partial charge is 0.181 e. The second-order valence-electron chi connectivity index (χ2n) is 17.9. The van der Waals surface area contributed by atoms with Gasteiger partial charge in [-0.3, -0.25) is 10.8 Å². The van der Waals surface area contributed by atoms with Crippen LogP contribution in [0.3, 0.4) is 0 Å². The van der Waals surface area contributed by atoms with Gasteiger partial charge < -0.3 is 55.6 Å². The van der Waals surface area contributed by atoms with Crippen LogP contribution in [0.25, 0.3) is 33.8 Å². The third-order valence-electron chi connectivity index (χ3n) is 13.1. The Kier molecular flexibility index (Phi) is 17.4. The largest absolute Gasteiger partial charge is 0.495 e. The molecule has 0 amide bonds. The predicted molar refractivity (Wildman–Crippen MR) is 305 cm³/mol. The zero-order valence-corrected chi connectivity index (χ0v) is 45.6. The minimum Gasteiger partial charge on any atom is -0.495 e. The molecule has 4 heterocycles. The summed E-state index contributed by atoms with van der Waals surface area (Å²) < 4.78 is 22.8. The van der Waals surface area contributed by atoms with E-state index in [1.165, 1.54) is 45.1 Å². The van der Waals surface area contributed by atoms with E-state index in [1.807, 2.05) is 36.4 Å². The van der Waals surface area contributed by atoms with Crippen LogP contribution in [0.15, 0.2) is 102 Å². The molecule has 2 fully saturated rings. The van der Waals surface area contributed by atoms with Crippen molar-refractivity contribution in [2.45, 2.75) is 13.0 Å². The molecule has 0 unspecified atom stereocenters. The molecule has 7 aromatic rings.